The van der Waals surface area contributed by atoms with E-state index in [1.807, 2.05) is 0 Å². The third-order valence-electron chi connectivity index (χ3n) is 4.70. The highest BCUT2D eigenvalue weighted by molar-refractivity contribution is 6.35. The van der Waals surface area contributed by atoms with Crippen LogP contribution in [0.3, 0.4) is 0 Å². The summed E-state index contributed by atoms with van der Waals surface area (Å²) in [7, 11) is 0. The van der Waals surface area contributed by atoms with Crippen molar-refractivity contribution >= 4 is 28.6 Å². The lowest BCUT2D eigenvalue weighted by Gasteiger charge is -2.25. The Hall–Kier alpha value is -3.07. The van der Waals surface area contributed by atoms with Crippen molar-refractivity contribution in [1.82, 2.24) is 14.9 Å². The number of carbonyl (C=O) groups is 1. The van der Waals surface area contributed by atoms with Crippen molar-refractivity contribution in [2.45, 2.75) is 52.2 Å². The number of fused-ring (bicyclic) bond motifs is 1. The fourth-order valence-electron chi connectivity index (χ4n) is 3.34. The summed E-state index contributed by atoms with van der Waals surface area (Å²) >= 11 is 6.22. The fraction of sp³-hybridized carbons (Fsp3) is 0.348. The standard InChI is InChI=1S/C23H23ClF3N3O3/c1-5-16(29-22(32)33-23(2,3)4)20-28-17-8-6-7-15(24)18(17)21(31)30(20)14-10-12(19(26)27)9-13(25)11-14/h6-11,16,19H,5H2,1-4H3,(H,29,32)/t16-/m0/s1. The SMILES string of the molecule is CC[C@H](NC(=O)OC(C)(C)C)c1nc2cccc(Cl)c2c(=O)n1-c1cc(F)cc(C(F)F)c1. The number of aromatic nitrogens is 2. The molecule has 0 spiro atoms. The Morgan fingerprint density at radius 1 is 1.24 bits per heavy atom. The molecule has 0 aliphatic rings. The van der Waals surface area contributed by atoms with Crippen LogP contribution in [-0.4, -0.2) is 21.2 Å². The van der Waals surface area contributed by atoms with Gasteiger partial charge in [0.15, 0.2) is 0 Å². The van der Waals surface area contributed by atoms with Crippen molar-refractivity contribution in [3.05, 3.63) is 69.0 Å². The van der Waals surface area contributed by atoms with Gasteiger partial charge in [-0.15, -0.1) is 0 Å². The van der Waals surface area contributed by atoms with Crippen molar-refractivity contribution in [2.75, 3.05) is 0 Å². The Morgan fingerprint density at radius 3 is 2.55 bits per heavy atom. The Morgan fingerprint density at radius 2 is 1.94 bits per heavy atom. The van der Waals surface area contributed by atoms with Crippen LogP contribution < -0.4 is 10.9 Å². The predicted molar refractivity (Wildman–Crippen MR) is 120 cm³/mol. The molecular formula is C23H23ClF3N3O3. The average Bonchev–Trinajstić information content (AvgIpc) is 2.69. The minimum atomic E-state index is -2.96. The molecule has 176 valence electrons. The van der Waals surface area contributed by atoms with Crippen LogP contribution in [0.1, 0.15) is 58.0 Å². The fourth-order valence-corrected chi connectivity index (χ4v) is 3.59. The highest BCUT2D eigenvalue weighted by atomic mass is 35.5. The molecule has 3 aromatic rings. The Balaban J connectivity index is 2.28. The number of ether oxygens (including phenoxy) is 1. The number of hydrogen-bond acceptors (Lipinski definition) is 4. The van der Waals surface area contributed by atoms with E-state index in [4.69, 9.17) is 16.3 Å². The summed E-state index contributed by atoms with van der Waals surface area (Å²) in [6, 6.07) is 6.44. The van der Waals surface area contributed by atoms with Gasteiger partial charge in [-0.1, -0.05) is 24.6 Å². The maximum atomic E-state index is 14.2. The van der Waals surface area contributed by atoms with E-state index in [0.29, 0.717) is 6.07 Å². The van der Waals surface area contributed by atoms with Crippen LogP contribution in [0.4, 0.5) is 18.0 Å². The number of hydrogen-bond donors (Lipinski definition) is 1. The number of rotatable bonds is 5. The van der Waals surface area contributed by atoms with E-state index in [9.17, 15) is 22.8 Å². The quantitative estimate of drug-likeness (QED) is 0.478. The molecule has 1 heterocycles. The molecule has 0 saturated carbocycles. The molecule has 0 bridgehead atoms. The first kappa shape index (κ1) is 24.6. The summed E-state index contributed by atoms with van der Waals surface area (Å²) in [6.07, 6.45) is -3.44. The average molecular weight is 482 g/mol. The molecule has 1 amide bonds. The molecule has 33 heavy (non-hydrogen) atoms. The molecule has 0 saturated heterocycles. The van der Waals surface area contributed by atoms with Gasteiger partial charge in [-0.3, -0.25) is 9.36 Å². The second-order valence-corrected chi connectivity index (χ2v) is 8.80. The van der Waals surface area contributed by atoms with Gasteiger partial charge in [0.05, 0.1) is 27.7 Å². The molecule has 1 atom stereocenters. The van der Waals surface area contributed by atoms with E-state index in [1.165, 1.54) is 6.07 Å². The van der Waals surface area contributed by atoms with Gasteiger partial charge in [-0.25, -0.2) is 22.9 Å². The molecule has 1 N–H and O–H groups in total. The third-order valence-corrected chi connectivity index (χ3v) is 5.01. The van der Waals surface area contributed by atoms with Gasteiger partial charge in [0, 0.05) is 5.56 Å². The molecule has 0 radical (unpaired) electrons. The largest absolute Gasteiger partial charge is 0.444 e. The molecule has 6 nitrogen and oxygen atoms in total. The molecule has 0 fully saturated rings. The van der Waals surface area contributed by atoms with Crippen LogP contribution in [-0.2, 0) is 4.74 Å². The van der Waals surface area contributed by atoms with Crippen molar-refractivity contribution in [3.8, 4) is 5.69 Å². The number of nitrogens with zero attached hydrogens (tertiary/aromatic N) is 2. The smallest absolute Gasteiger partial charge is 0.408 e. The Labute approximate surface area is 193 Å². The van der Waals surface area contributed by atoms with Crippen molar-refractivity contribution < 1.29 is 22.7 Å². The maximum Gasteiger partial charge on any atom is 0.408 e. The zero-order chi connectivity index (χ0) is 24.5. The van der Waals surface area contributed by atoms with Crippen LogP contribution in [0.15, 0.2) is 41.2 Å². The molecule has 3 rings (SSSR count). The van der Waals surface area contributed by atoms with Gasteiger partial charge in [0.2, 0.25) is 0 Å². The van der Waals surface area contributed by atoms with Gasteiger partial charge >= 0.3 is 6.09 Å². The van der Waals surface area contributed by atoms with Crippen LogP contribution in [0.2, 0.25) is 5.02 Å². The van der Waals surface area contributed by atoms with Gasteiger partial charge in [-0.2, -0.15) is 0 Å². The Bertz CT molecular complexity index is 1260. The first-order chi connectivity index (χ1) is 15.4. The van der Waals surface area contributed by atoms with Crippen molar-refractivity contribution in [2.24, 2.45) is 0 Å². The van der Waals surface area contributed by atoms with Crippen LogP contribution >= 0.6 is 11.6 Å². The number of benzene rings is 2. The molecule has 0 aliphatic heterocycles. The van der Waals surface area contributed by atoms with Gasteiger partial charge in [0.1, 0.15) is 17.2 Å². The summed E-state index contributed by atoms with van der Waals surface area (Å²) in [4.78, 5) is 30.4. The highest BCUT2D eigenvalue weighted by Gasteiger charge is 2.26. The zero-order valence-electron chi connectivity index (χ0n) is 18.5. The summed E-state index contributed by atoms with van der Waals surface area (Å²) < 4.78 is 47.2. The molecule has 0 aliphatic carbocycles. The van der Waals surface area contributed by atoms with Crippen molar-refractivity contribution in [1.29, 1.82) is 0 Å². The molecule has 2 aromatic carbocycles. The van der Waals surface area contributed by atoms with Crippen LogP contribution in [0.5, 0.6) is 0 Å². The lowest BCUT2D eigenvalue weighted by atomic mass is 10.1. The summed E-state index contributed by atoms with van der Waals surface area (Å²) in [5.74, 6) is -0.929. The number of nitrogens with one attached hydrogen (secondary N) is 1. The minimum Gasteiger partial charge on any atom is -0.444 e. The summed E-state index contributed by atoms with van der Waals surface area (Å²) in [6.45, 7) is 6.81. The minimum absolute atomic E-state index is 0.0222. The zero-order valence-corrected chi connectivity index (χ0v) is 19.2. The van der Waals surface area contributed by atoms with E-state index < -0.39 is 41.1 Å². The molecule has 10 heteroatoms. The van der Waals surface area contributed by atoms with E-state index in [2.05, 4.69) is 10.3 Å². The van der Waals surface area contributed by atoms with Gasteiger partial charge in [-0.05, 0) is 57.5 Å². The summed E-state index contributed by atoms with van der Waals surface area (Å²) in [5, 5.41) is 2.79. The molecule has 1 aromatic heterocycles. The van der Waals surface area contributed by atoms with Crippen LogP contribution in [0, 0.1) is 5.82 Å². The van der Waals surface area contributed by atoms with Crippen LogP contribution in [0.25, 0.3) is 16.6 Å². The number of alkyl halides is 2. The maximum absolute atomic E-state index is 14.2. The molecular weight excluding hydrogens is 459 g/mol. The second kappa shape index (κ2) is 9.43. The van der Waals surface area contributed by atoms with E-state index >= 15 is 0 Å². The highest BCUT2D eigenvalue weighted by Crippen LogP contribution is 2.27. The van der Waals surface area contributed by atoms with E-state index in [1.54, 1.807) is 39.8 Å². The second-order valence-electron chi connectivity index (χ2n) is 8.40. The monoisotopic (exact) mass is 481 g/mol. The lowest BCUT2D eigenvalue weighted by Crippen LogP contribution is -2.37. The van der Waals surface area contributed by atoms with Gasteiger partial charge < -0.3 is 10.1 Å². The first-order valence-electron chi connectivity index (χ1n) is 10.2. The van der Waals surface area contributed by atoms with E-state index in [0.717, 1.165) is 16.7 Å². The lowest BCUT2D eigenvalue weighted by molar-refractivity contribution is 0.0499. The number of alkyl carbamates (subject to hydrolysis) is 1. The van der Waals surface area contributed by atoms with Gasteiger partial charge in [0.25, 0.3) is 12.0 Å². The van der Waals surface area contributed by atoms with E-state index in [-0.39, 0.29) is 33.9 Å². The summed E-state index contributed by atoms with van der Waals surface area (Å²) in [5.41, 5.74) is -1.98. The number of amides is 1. The topological polar surface area (TPSA) is 73.2 Å². The third kappa shape index (κ3) is 5.47. The first-order valence-corrected chi connectivity index (χ1v) is 10.6. The number of carbonyl (C=O) groups excluding carboxylic acids is 1. The predicted octanol–water partition coefficient (Wildman–Crippen LogP) is 6.09. The van der Waals surface area contributed by atoms with Crippen molar-refractivity contribution in [3.63, 3.8) is 0 Å². The number of halogens is 4. The normalized spacial score (nSPS) is 12.8. The Kier molecular flexibility index (Phi) is 7.02. The molecule has 0 unspecified atom stereocenters.